The molecule has 252 valence electrons. The summed E-state index contributed by atoms with van der Waals surface area (Å²) in [5.74, 6) is -1.58. The van der Waals surface area contributed by atoms with Crippen molar-refractivity contribution in [3.63, 3.8) is 0 Å². The highest BCUT2D eigenvalue weighted by Gasteiger charge is 2.32. The monoisotopic (exact) mass is 705 g/mol. The zero-order chi connectivity index (χ0) is 35.0. The van der Waals surface area contributed by atoms with Gasteiger partial charge in [-0.05, 0) is 66.6 Å². The fourth-order valence-electron chi connectivity index (χ4n) is 6.40. The molecule has 15 heteroatoms. The predicted molar refractivity (Wildman–Crippen MR) is 183 cm³/mol. The lowest BCUT2D eigenvalue weighted by molar-refractivity contribution is 0.0964. The highest BCUT2D eigenvalue weighted by Crippen LogP contribution is 2.43. The number of sulfonamides is 1. The molecule has 0 spiro atoms. The van der Waals surface area contributed by atoms with Crippen molar-refractivity contribution in [1.29, 1.82) is 0 Å². The van der Waals surface area contributed by atoms with Gasteiger partial charge in [0.05, 0.1) is 51.6 Å². The number of carbonyl (C=O) groups excluding carboxylic acids is 1. The van der Waals surface area contributed by atoms with Crippen LogP contribution >= 0.6 is 0 Å². The van der Waals surface area contributed by atoms with Gasteiger partial charge in [0, 0.05) is 36.9 Å². The first kappa shape index (κ1) is 32.4. The second kappa shape index (κ2) is 11.5. The normalized spacial score (nSPS) is 14.5. The predicted octanol–water partition coefficient (Wildman–Crippen LogP) is 5.35. The SMILES string of the molecule is CNC(=O)c1c(-c2ccc(F)cc2)oc2nc(N(C)S(C)(=O)=O)c(-c3ccc4c(n3)-c3cc5c(F)cccc5n3C(CS(C)(=O)=O)C4)cc12. The minimum Gasteiger partial charge on any atom is -0.437 e. The summed E-state index contributed by atoms with van der Waals surface area (Å²) < 4.78 is 88.3. The van der Waals surface area contributed by atoms with Crippen LogP contribution in [0.15, 0.2) is 71.1 Å². The van der Waals surface area contributed by atoms with Crippen molar-refractivity contribution >= 4 is 53.6 Å². The average molecular weight is 706 g/mol. The number of anilines is 1. The minimum atomic E-state index is -3.87. The molecule has 0 saturated carbocycles. The van der Waals surface area contributed by atoms with Crippen molar-refractivity contribution in [1.82, 2.24) is 19.9 Å². The number of sulfone groups is 1. The van der Waals surface area contributed by atoms with Crippen LogP contribution in [0.5, 0.6) is 0 Å². The Balaban J connectivity index is 1.49. The molecule has 49 heavy (non-hydrogen) atoms. The first-order chi connectivity index (χ1) is 23.1. The number of nitrogens with zero attached hydrogens (tertiary/aromatic N) is 4. The standard InChI is InChI=1S/C34H29F2N5O6S2/c1-37-33(42)29-24-15-23(32(40(2)49(4,45)46)39-34(24)47-31(29)18-8-11-20(35)12-9-18)26-13-10-19-14-21(17-48(3,43)44)41-27-7-5-6-25(36)22(27)16-28(41)30(19)38-26/h5-13,15-16,21H,14,17H2,1-4H3,(H,37,42). The summed E-state index contributed by atoms with van der Waals surface area (Å²) in [6.45, 7) is 0. The molecule has 0 aliphatic carbocycles. The van der Waals surface area contributed by atoms with E-state index in [1.165, 1.54) is 44.4 Å². The lowest BCUT2D eigenvalue weighted by atomic mass is 9.97. The lowest BCUT2D eigenvalue weighted by Gasteiger charge is -2.28. The van der Waals surface area contributed by atoms with E-state index < -0.39 is 43.4 Å². The molecular formula is C34H29F2N5O6S2. The number of rotatable bonds is 7. The van der Waals surface area contributed by atoms with Gasteiger partial charge in [-0.25, -0.2) is 30.6 Å². The molecule has 6 aromatic rings. The number of hydrogen-bond donors (Lipinski definition) is 1. The van der Waals surface area contributed by atoms with E-state index in [1.54, 1.807) is 41.0 Å². The molecule has 5 heterocycles. The fraction of sp³-hybridized carbons (Fsp3) is 0.206. The molecule has 1 unspecified atom stereocenters. The van der Waals surface area contributed by atoms with Crippen LogP contribution in [0.1, 0.15) is 22.0 Å². The van der Waals surface area contributed by atoms with E-state index in [0.717, 1.165) is 16.8 Å². The van der Waals surface area contributed by atoms with Crippen molar-refractivity contribution in [2.24, 2.45) is 0 Å². The van der Waals surface area contributed by atoms with Crippen molar-refractivity contribution in [2.45, 2.75) is 12.5 Å². The summed E-state index contributed by atoms with van der Waals surface area (Å²) in [7, 11) is -4.53. The van der Waals surface area contributed by atoms with Gasteiger partial charge in [0.2, 0.25) is 15.7 Å². The second-order valence-electron chi connectivity index (χ2n) is 12.1. The first-order valence-electron chi connectivity index (χ1n) is 15.0. The molecule has 0 saturated heterocycles. The van der Waals surface area contributed by atoms with E-state index in [1.807, 2.05) is 0 Å². The highest BCUT2D eigenvalue weighted by atomic mass is 32.2. The Morgan fingerprint density at radius 2 is 1.73 bits per heavy atom. The van der Waals surface area contributed by atoms with Gasteiger partial charge in [0.15, 0.2) is 5.82 Å². The Kier molecular flexibility index (Phi) is 7.59. The maximum absolute atomic E-state index is 15.1. The molecule has 1 aliphatic heterocycles. The van der Waals surface area contributed by atoms with Crippen LogP contribution in [0.2, 0.25) is 0 Å². The van der Waals surface area contributed by atoms with Crippen molar-refractivity contribution in [3.05, 3.63) is 89.5 Å². The Morgan fingerprint density at radius 3 is 2.41 bits per heavy atom. The third kappa shape index (κ3) is 5.61. The van der Waals surface area contributed by atoms with Gasteiger partial charge in [-0.3, -0.25) is 9.10 Å². The quantitative estimate of drug-likeness (QED) is 0.234. The number of amides is 1. The van der Waals surface area contributed by atoms with Crippen LogP contribution in [0.25, 0.3) is 56.0 Å². The van der Waals surface area contributed by atoms with Crippen molar-refractivity contribution in [2.75, 3.05) is 36.7 Å². The largest absolute Gasteiger partial charge is 0.437 e. The summed E-state index contributed by atoms with van der Waals surface area (Å²) >= 11 is 0. The summed E-state index contributed by atoms with van der Waals surface area (Å²) in [5, 5.41) is 3.15. The molecule has 2 aromatic carbocycles. The number of fused-ring (bicyclic) bond motifs is 6. The van der Waals surface area contributed by atoms with Crippen LogP contribution in [0.3, 0.4) is 0 Å². The topological polar surface area (TPSA) is 144 Å². The molecular weight excluding hydrogens is 677 g/mol. The van der Waals surface area contributed by atoms with E-state index in [-0.39, 0.29) is 45.3 Å². The van der Waals surface area contributed by atoms with Crippen LogP contribution < -0.4 is 9.62 Å². The number of furan rings is 1. The second-order valence-corrected chi connectivity index (χ2v) is 16.3. The Labute approximate surface area is 280 Å². The van der Waals surface area contributed by atoms with E-state index in [2.05, 4.69) is 10.3 Å². The summed E-state index contributed by atoms with van der Waals surface area (Å²) in [6, 6.07) is 16.1. The number of aromatic nitrogens is 3. The molecule has 1 aliphatic rings. The zero-order valence-electron chi connectivity index (χ0n) is 26.7. The molecule has 1 N–H and O–H groups in total. The summed E-state index contributed by atoms with van der Waals surface area (Å²) in [5.41, 5.74) is 3.17. The Hall–Kier alpha value is -5.15. The highest BCUT2D eigenvalue weighted by molar-refractivity contribution is 7.92. The molecule has 1 amide bonds. The number of halogens is 2. The van der Waals surface area contributed by atoms with E-state index in [4.69, 9.17) is 9.40 Å². The van der Waals surface area contributed by atoms with Crippen molar-refractivity contribution in [3.8, 4) is 34.0 Å². The molecule has 0 fully saturated rings. The van der Waals surface area contributed by atoms with E-state index in [9.17, 15) is 26.0 Å². The summed E-state index contributed by atoms with van der Waals surface area (Å²) in [4.78, 5) is 22.8. The summed E-state index contributed by atoms with van der Waals surface area (Å²) in [6.07, 6.45) is 2.46. The van der Waals surface area contributed by atoms with Gasteiger partial charge in [0.1, 0.15) is 27.2 Å². The van der Waals surface area contributed by atoms with Gasteiger partial charge in [-0.2, -0.15) is 4.98 Å². The first-order valence-corrected chi connectivity index (χ1v) is 18.9. The van der Waals surface area contributed by atoms with Gasteiger partial charge in [-0.15, -0.1) is 0 Å². The molecule has 11 nitrogen and oxygen atoms in total. The Bertz CT molecular complexity index is 2560. The smallest absolute Gasteiger partial charge is 0.255 e. The third-order valence-electron chi connectivity index (χ3n) is 8.66. The Morgan fingerprint density at radius 1 is 1.00 bits per heavy atom. The fourth-order valence-corrected chi connectivity index (χ4v) is 7.82. The van der Waals surface area contributed by atoms with E-state index >= 15 is 4.39 Å². The van der Waals surface area contributed by atoms with Crippen LogP contribution in [-0.4, -0.2) is 69.6 Å². The maximum Gasteiger partial charge on any atom is 0.255 e. The van der Waals surface area contributed by atoms with Gasteiger partial charge in [0.25, 0.3) is 5.91 Å². The number of carbonyl (C=O) groups is 1. The lowest BCUT2D eigenvalue weighted by Crippen LogP contribution is -2.27. The van der Waals surface area contributed by atoms with E-state index in [0.29, 0.717) is 39.8 Å². The van der Waals surface area contributed by atoms with Crippen LogP contribution in [0.4, 0.5) is 14.6 Å². The van der Waals surface area contributed by atoms with Crippen LogP contribution in [-0.2, 0) is 26.3 Å². The molecule has 7 rings (SSSR count). The molecule has 0 bridgehead atoms. The number of hydrogen-bond acceptors (Lipinski definition) is 8. The number of nitrogens with one attached hydrogen (secondary N) is 1. The van der Waals surface area contributed by atoms with Crippen molar-refractivity contribution < 1.29 is 34.8 Å². The average Bonchev–Trinajstić information content (AvgIpc) is 3.63. The van der Waals surface area contributed by atoms with Gasteiger partial charge in [-0.1, -0.05) is 12.1 Å². The molecule has 1 atom stereocenters. The zero-order valence-corrected chi connectivity index (χ0v) is 28.3. The third-order valence-corrected chi connectivity index (χ3v) is 10.8. The molecule has 4 aromatic heterocycles. The van der Waals surface area contributed by atoms with Gasteiger partial charge < -0.3 is 14.3 Å². The maximum atomic E-state index is 15.1. The number of pyridine rings is 2. The molecule has 0 radical (unpaired) electrons. The van der Waals surface area contributed by atoms with Gasteiger partial charge >= 0.3 is 0 Å². The minimum absolute atomic E-state index is 0.0376. The number of benzene rings is 2. The van der Waals surface area contributed by atoms with Crippen LogP contribution in [0, 0.1) is 11.6 Å².